The molecule has 638 valence electrons. The van der Waals surface area contributed by atoms with E-state index >= 15 is 0 Å². The average Bonchev–Trinajstić information content (AvgIpc) is 1.67. The molecule has 0 aliphatic rings. The van der Waals surface area contributed by atoms with Gasteiger partial charge in [-0.25, -0.2) is 9.59 Å². The number of unbranched alkanes of at least 4 members (excludes halogenated alkanes) is 6. The molecule has 0 aliphatic carbocycles. The Bertz CT molecular complexity index is 4020. The van der Waals surface area contributed by atoms with Gasteiger partial charge < -0.3 is 127 Å². The van der Waals surface area contributed by atoms with E-state index in [1.54, 1.807) is 30.5 Å². The molecule has 3 aromatic rings. The van der Waals surface area contributed by atoms with Gasteiger partial charge in [0.05, 0.1) is 57.9 Å². The first-order chi connectivity index (χ1) is 54.7. The van der Waals surface area contributed by atoms with Crippen LogP contribution in [-0.2, 0) is 97.5 Å². The molecular formula is C72H103N17O27. The molecule has 0 aliphatic heterocycles. The summed E-state index contributed by atoms with van der Waals surface area (Å²) < 4.78 is 0. The number of carboxylic acid groups (broad SMARTS) is 5. The van der Waals surface area contributed by atoms with E-state index < -0.39 is 255 Å². The van der Waals surface area contributed by atoms with Crippen LogP contribution in [-0.4, -0.2) is 258 Å². The molecule has 3 rings (SSSR count). The van der Waals surface area contributed by atoms with Crippen LogP contribution in [0, 0.1) is 5.92 Å². The molecule has 0 unspecified atom stereocenters. The Morgan fingerprint density at radius 3 is 1.47 bits per heavy atom. The monoisotopic (exact) mass is 1640 g/mol. The van der Waals surface area contributed by atoms with E-state index in [1.807, 2.05) is 16.0 Å². The van der Waals surface area contributed by atoms with Crippen LogP contribution in [0.4, 0.5) is 5.69 Å². The lowest BCUT2D eigenvalue weighted by atomic mass is 9.96. The third-order valence-electron chi connectivity index (χ3n) is 17.6. The Kier molecular flexibility index (Phi) is 41.7. The molecular weight excluding hydrogens is 1530 g/mol. The zero-order valence-electron chi connectivity index (χ0n) is 64.1. The summed E-state index contributed by atoms with van der Waals surface area (Å²) in [4.78, 5) is 264. The highest BCUT2D eigenvalue weighted by atomic mass is 16.4. The number of Topliss-reactive ketones (excluding diaryl/α,β-unsaturated/α-hetero) is 1. The second kappa shape index (κ2) is 49.7. The maximum absolute atomic E-state index is 14.1. The second-order valence-electron chi connectivity index (χ2n) is 27.2. The van der Waals surface area contributed by atoms with Crippen molar-refractivity contribution in [1.82, 2.24) is 74.1 Å². The van der Waals surface area contributed by atoms with E-state index in [0.29, 0.717) is 22.9 Å². The summed E-state index contributed by atoms with van der Waals surface area (Å²) in [6.45, 7) is 1.73. The van der Waals surface area contributed by atoms with Crippen LogP contribution in [0.15, 0.2) is 54.7 Å². The van der Waals surface area contributed by atoms with Gasteiger partial charge in [0.15, 0.2) is 5.78 Å². The molecule has 14 amide bonds. The lowest BCUT2D eigenvalue weighted by Gasteiger charge is -2.27. The maximum Gasteiger partial charge on any atom is 0.326 e. The van der Waals surface area contributed by atoms with Crippen LogP contribution in [0.2, 0.25) is 0 Å². The van der Waals surface area contributed by atoms with Crippen molar-refractivity contribution in [1.29, 1.82) is 0 Å². The molecule has 1 aromatic heterocycles. The van der Waals surface area contributed by atoms with Crippen LogP contribution in [0.5, 0.6) is 0 Å². The van der Waals surface area contributed by atoms with Gasteiger partial charge in [0.2, 0.25) is 82.7 Å². The van der Waals surface area contributed by atoms with E-state index in [4.69, 9.17) is 17.2 Å². The third-order valence-corrected chi connectivity index (χ3v) is 17.6. The number of anilines is 1. The fraction of sp³-hybridized carbons (Fsp3) is 0.528. The minimum atomic E-state index is -2.14. The zero-order chi connectivity index (χ0) is 87.1. The van der Waals surface area contributed by atoms with Gasteiger partial charge in [0.25, 0.3) is 0 Å². The Hall–Kier alpha value is -12.7. The number of fused-ring (bicyclic) bond motifs is 1. The summed E-state index contributed by atoms with van der Waals surface area (Å²) in [6.07, 6.45) is -0.547. The van der Waals surface area contributed by atoms with E-state index in [9.17, 15) is 132 Å². The van der Waals surface area contributed by atoms with E-state index in [2.05, 4.69) is 65.1 Å². The Balaban J connectivity index is 1.66. The van der Waals surface area contributed by atoms with Crippen molar-refractivity contribution in [2.75, 3.05) is 32.0 Å². The van der Waals surface area contributed by atoms with Gasteiger partial charge in [-0.1, -0.05) is 82.7 Å². The molecule has 1 heterocycles. The predicted molar refractivity (Wildman–Crippen MR) is 404 cm³/mol. The van der Waals surface area contributed by atoms with Gasteiger partial charge in [-0.05, 0) is 69.3 Å². The summed E-state index contributed by atoms with van der Waals surface area (Å²) in [5.74, 6) is -27.7. The molecule has 2 aromatic carbocycles. The number of aromatic nitrogens is 1. The Morgan fingerprint density at radius 2 is 0.914 bits per heavy atom. The van der Waals surface area contributed by atoms with Crippen molar-refractivity contribution in [3.63, 3.8) is 0 Å². The predicted octanol–water partition coefficient (Wildman–Crippen LogP) is -6.10. The van der Waals surface area contributed by atoms with E-state index in [0.717, 1.165) is 52.4 Å². The number of aliphatic carboxylic acids is 5. The summed E-state index contributed by atoms with van der Waals surface area (Å²) in [7, 11) is 0. The highest BCUT2D eigenvalue weighted by Crippen LogP contribution is 2.21. The molecule has 0 radical (unpaired) electrons. The zero-order valence-corrected chi connectivity index (χ0v) is 64.1. The number of nitrogen functional groups attached to an aromatic ring is 1. The number of hydrogen-bond acceptors (Lipinski definition) is 24. The first-order valence-corrected chi connectivity index (χ1v) is 36.9. The molecule has 0 fully saturated rings. The minimum Gasteiger partial charge on any atom is -0.481 e. The molecule has 0 saturated heterocycles. The number of carbonyl (C=O) groups is 20. The van der Waals surface area contributed by atoms with E-state index in [1.165, 1.54) is 31.2 Å². The fourth-order valence-corrected chi connectivity index (χ4v) is 11.4. The third kappa shape index (κ3) is 34.7. The second-order valence-corrected chi connectivity index (χ2v) is 27.2. The van der Waals surface area contributed by atoms with Crippen molar-refractivity contribution in [2.24, 2.45) is 17.4 Å². The van der Waals surface area contributed by atoms with Crippen molar-refractivity contribution in [3.05, 3.63) is 65.9 Å². The number of aliphatic hydroxyl groups excluding tert-OH is 2. The fourth-order valence-electron chi connectivity index (χ4n) is 11.4. The number of primary amides is 1. The van der Waals surface area contributed by atoms with Crippen molar-refractivity contribution in [2.45, 2.75) is 209 Å². The normalized spacial score (nSPS) is 14.3. The number of carboxylic acids is 5. The number of carbonyl (C=O) groups excluding carboxylic acids is 15. The number of aromatic amines is 1. The number of rotatable bonds is 55. The molecule has 0 spiro atoms. The van der Waals surface area contributed by atoms with Gasteiger partial charge in [-0.3, -0.25) is 86.3 Å². The molecule has 44 nitrogen and oxygen atoms in total. The lowest BCUT2D eigenvalue weighted by molar-refractivity contribution is -0.144. The summed E-state index contributed by atoms with van der Waals surface area (Å²) in [6, 6.07) is -8.30. The van der Waals surface area contributed by atoms with Crippen LogP contribution in [0.1, 0.15) is 146 Å². The number of aliphatic hydroxyl groups is 2. The number of benzene rings is 2. The molecule has 44 heteroatoms. The summed E-state index contributed by atoms with van der Waals surface area (Å²) in [5, 5.41) is 98.0. The first-order valence-electron chi connectivity index (χ1n) is 36.9. The molecule has 116 heavy (non-hydrogen) atoms. The molecule has 13 atom stereocenters. The topological polar surface area (TPSA) is 733 Å². The first kappa shape index (κ1) is 97.5. The van der Waals surface area contributed by atoms with Crippen LogP contribution >= 0.6 is 0 Å². The number of nitrogens with two attached hydrogens (primary N) is 3. The highest BCUT2D eigenvalue weighted by Gasteiger charge is 2.39. The Labute approximate surface area is 663 Å². The quantitative estimate of drug-likeness (QED) is 0.0142. The van der Waals surface area contributed by atoms with Crippen LogP contribution in [0.25, 0.3) is 10.9 Å². The number of amides is 14. The maximum atomic E-state index is 14.1. The minimum absolute atomic E-state index is 0.0102. The standard InChI is InChI=1S/C72H103N17O27/c1-5-6-7-8-9-10-11-22-53(94)81-44(25-38-31-76-42-20-15-13-17-39(38)42)65(107)83-45(27-52(75)93)66(108)85-47(30-59(102)103)67(109)89-61(37(4)91)69(111)78-33-56(97)80-43(21-16-23-73)63(105)84-46(29-58(100)101)64(106)79-36(3)62(104)86-49(72(115)116)28-54(95)77-32-55(96)82-50(34-90)68(110)88-60(35(2)24-57(98)99)70(112)87-48(71(113)114)26-51(92)40-18-12-14-19-41(40)74/h12-15,17-20,31,35-37,43-50,60-61,76,90-91H,5-11,16,21-30,32-34,73-74H2,1-4H3,(H2,75,93)(H,77,95)(H,78,111)(H,79,106)(H,80,97)(H,81,94)(H,82,96)(H,83,107)(H,84,105)(H,85,108)(H,86,104)(H,87,112)(H,88,110)(H,89,109)(H,98,99)(H,100,101)(H,102,103)(H,113,114)(H,115,116)/t35-,36-,37-,43+,44+,45+,46+,47+,48+,49+,50-,60+,61+/m1/s1. The highest BCUT2D eigenvalue weighted by molar-refractivity contribution is 6.05. The Morgan fingerprint density at radius 1 is 0.440 bits per heavy atom. The number of nitrogens with one attached hydrogen (secondary N) is 14. The number of H-pyrrole nitrogens is 1. The largest absolute Gasteiger partial charge is 0.481 e. The SMILES string of the molecule is CCCCCCCCCC(=O)N[C@@H](Cc1c[nH]c2ccccc12)C(=O)N[C@@H](CC(N)=O)C(=O)N[C@@H](CC(=O)O)C(=O)N[C@H](C(=O)NCC(=O)N[C@@H](CCCN)C(=O)N[C@@H](CC(=O)O)C(=O)N[C@H](C)C(=O)N[C@@H](CC(=O)NCC(=O)N[C@H](CO)C(=O)N[C@H](C(=O)N[C@@H](CC(=O)c1ccccc1N)C(=O)O)[C@H](C)CC(=O)O)C(=O)O)[C@@H](C)O. The van der Waals surface area contributed by atoms with Gasteiger partial charge in [0.1, 0.15) is 66.5 Å². The van der Waals surface area contributed by atoms with Crippen molar-refractivity contribution in [3.8, 4) is 0 Å². The number of ketones is 1. The average molecular weight is 1640 g/mol. The molecule has 27 N–H and O–H groups in total. The van der Waals surface area contributed by atoms with Crippen LogP contribution in [0.3, 0.4) is 0 Å². The van der Waals surface area contributed by atoms with Gasteiger partial charge in [-0.15, -0.1) is 0 Å². The number of hydrogen-bond donors (Lipinski definition) is 24. The van der Waals surface area contributed by atoms with Gasteiger partial charge in [0, 0.05) is 47.6 Å². The molecule has 0 saturated carbocycles. The number of para-hydroxylation sites is 2. The van der Waals surface area contributed by atoms with Crippen molar-refractivity contribution < 1.29 is 132 Å². The van der Waals surface area contributed by atoms with Gasteiger partial charge >= 0.3 is 29.8 Å². The molecule has 0 bridgehead atoms. The van der Waals surface area contributed by atoms with Crippen molar-refractivity contribution >= 4 is 135 Å². The summed E-state index contributed by atoms with van der Waals surface area (Å²) >= 11 is 0. The summed E-state index contributed by atoms with van der Waals surface area (Å²) in [5.41, 5.74) is 18.1. The van der Waals surface area contributed by atoms with Crippen LogP contribution < -0.4 is 86.3 Å². The smallest absolute Gasteiger partial charge is 0.326 e. The van der Waals surface area contributed by atoms with Gasteiger partial charge in [-0.2, -0.15) is 0 Å². The lowest BCUT2D eigenvalue weighted by Crippen LogP contribution is -2.61. The van der Waals surface area contributed by atoms with E-state index in [-0.39, 0.29) is 43.5 Å².